The Kier molecular flexibility index (Phi) is 6.34. The van der Waals surface area contributed by atoms with Crippen LogP contribution in [0.15, 0.2) is 10.5 Å². The molecule has 2 heterocycles. The van der Waals surface area contributed by atoms with Crippen LogP contribution in [0.4, 0.5) is 0 Å². The predicted octanol–water partition coefficient (Wildman–Crippen LogP) is 2.62. The van der Waals surface area contributed by atoms with Gasteiger partial charge in [0.1, 0.15) is 0 Å². The number of nitrogens with two attached hydrogens (primary N) is 1. The van der Waals surface area contributed by atoms with E-state index < -0.39 is 0 Å². The van der Waals surface area contributed by atoms with E-state index in [0.29, 0.717) is 12.5 Å². The summed E-state index contributed by atoms with van der Waals surface area (Å²) in [6.07, 6.45) is 2.52. The first-order valence-corrected chi connectivity index (χ1v) is 6.98. The Morgan fingerprint density at radius 2 is 2.44 bits per heavy atom. The van der Waals surface area contributed by atoms with Crippen LogP contribution in [0.1, 0.15) is 30.3 Å². The minimum absolute atomic E-state index is 0. The maximum absolute atomic E-state index is 6.04. The molecule has 0 amide bonds. The summed E-state index contributed by atoms with van der Waals surface area (Å²) in [6, 6.07) is 0. The third-order valence-corrected chi connectivity index (χ3v) is 4.13. The Morgan fingerprint density at radius 1 is 1.67 bits per heavy atom. The van der Waals surface area contributed by atoms with Crippen LogP contribution in [0.25, 0.3) is 0 Å². The van der Waals surface area contributed by atoms with Crippen LogP contribution in [0.3, 0.4) is 0 Å². The lowest BCUT2D eigenvalue weighted by atomic mass is 10.0. The Labute approximate surface area is 130 Å². The monoisotopic (exact) mass is 380 g/mol. The highest BCUT2D eigenvalue weighted by atomic mass is 127. The Hall–Kier alpha value is -0.370. The normalized spacial score (nSPS) is 20.7. The zero-order valence-corrected chi connectivity index (χ0v) is 14.1. The molecule has 0 radical (unpaired) electrons. The second-order valence-corrected chi connectivity index (χ2v) is 5.67. The molecule has 1 fully saturated rings. The highest BCUT2D eigenvalue weighted by Crippen LogP contribution is 2.16. The molecular weight excluding hydrogens is 359 g/mol. The summed E-state index contributed by atoms with van der Waals surface area (Å²) < 4.78 is 0. The zero-order valence-electron chi connectivity index (χ0n) is 10.9. The van der Waals surface area contributed by atoms with Gasteiger partial charge in [0.2, 0.25) is 0 Å². The van der Waals surface area contributed by atoms with E-state index >= 15 is 0 Å². The second kappa shape index (κ2) is 7.28. The van der Waals surface area contributed by atoms with Crippen molar-refractivity contribution in [3.8, 4) is 0 Å². The van der Waals surface area contributed by atoms with Crippen LogP contribution in [-0.4, -0.2) is 28.9 Å². The molecule has 0 aromatic carbocycles. The topological polar surface area (TPSA) is 54.5 Å². The summed E-state index contributed by atoms with van der Waals surface area (Å²) in [5.41, 5.74) is 8.97. The van der Waals surface area contributed by atoms with Gasteiger partial charge in [-0.15, -0.1) is 35.3 Å². The molecule has 1 atom stereocenters. The number of hydrogen-bond donors (Lipinski definition) is 1. The van der Waals surface area contributed by atoms with Gasteiger partial charge in [-0.05, 0) is 25.7 Å². The number of piperidine rings is 1. The van der Waals surface area contributed by atoms with E-state index in [9.17, 15) is 0 Å². The number of thiazole rings is 1. The number of guanidine groups is 1. The lowest BCUT2D eigenvalue weighted by molar-refractivity contribution is 0.270. The van der Waals surface area contributed by atoms with Crippen molar-refractivity contribution >= 4 is 41.3 Å². The van der Waals surface area contributed by atoms with Gasteiger partial charge in [-0.2, -0.15) is 0 Å². The number of halogens is 1. The van der Waals surface area contributed by atoms with E-state index in [4.69, 9.17) is 5.73 Å². The largest absolute Gasteiger partial charge is 0.370 e. The summed E-state index contributed by atoms with van der Waals surface area (Å²) in [4.78, 5) is 12.1. The summed E-state index contributed by atoms with van der Waals surface area (Å²) in [5.74, 6) is 1.41. The molecular formula is C12H21IN4S. The van der Waals surface area contributed by atoms with Gasteiger partial charge in [0.05, 0.1) is 17.7 Å². The fourth-order valence-corrected chi connectivity index (χ4v) is 2.83. The smallest absolute Gasteiger partial charge is 0.191 e. The van der Waals surface area contributed by atoms with Crippen LogP contribution in [0.2, 0.25) is 0 Å². The second-order valence-electron chi connectivity index (χ2n) is 4.73. The lowest BCUT2D eigenvalue weighted by Gasteiger charge is -2.31. The van der Waals surface area contributed by atoms with Crippen molar-refractivity contribution in [1.82, 2.24) is 9.88 Å². The van der Waals surface area contributed by atoms with E-state index in [1.165, 1.54) is 17.7 Å². The number of nitrogens with zero attached hydrogens (tertiary/aromatic N) is 3. The molecule has 4 nitrogen and oxygen atoms in total. The van der Waals surface area contributed by atoms with Crippen molar-refractivity contribution in [3.63, 3.8) is 0 Å². The standard InChI is InChI=1S/C12H20N4S.HI/c1-9-4-3-5-16(7-9)12(13)14-6-11-10(2)15-8-17-11;/h8-9H,3-7H2,1-2H3,(H2,13,14);1H. The fraction of sp³-hybridized carbons (Fsp3) is 0.667. The summed E-state index contributed by atoms with van der Waals surface area (Å²) in [7, 11) is 0. The molecule has 1 aliphatic heterocycles. The van der Waals surface area contributed by atoms with E-state index in [1.54, 1.807) is 11.3 Å². The molecule has 1 saturated heterocycles. The number of aliphatic imine (C=N–C) groups is 1. The Morgan fingerprint density at radius 3 is 3.06 bits per heavy atom. The molecule has 0 spiro atoms. The van der Waals surface area contributed by atoms with Crippen LogP contribution >= 0.6 is 35.3 Å². The highest BCUT2D eigenvalue weighted by Gasteiger charge is 2.17. The van der Waals surface area contributed by atoms with Crippen molar-refractivity contribution in [1.29, 1.82) is 0 Å². The first kappa shape index (κ1) is 15.7. The van der Waals surface area contributed by atoms with E-state index in [2.05, 4.69) is 21.8 Å². The third-order valence-electron chi connectivity index (χ3n) is 3.21. The average Bonchev–Trinajstić information content (AvgIpc) is 2.72. The molecule has 2 rings (SSSR count). The molecule has 0 aliphatic carbocycles. The minimum Gasteiger partial charge on any atom is -0.370 e. The molecule has 0 bridgehead atoms. The first-order valence-electron chi connectivity index (χ1n) is 6.10. The van der Waals surface area contributed by atoms with Gasteiger partial charge in [0.15, 0.2) is 5.96 Å². The number of hydrogen-bond acceptors (Lipinski definition) is 3. The molecule has 0 saturated carbocycles. The predicted molar refractivity (Wildman–Crippen MR) is 87.6 cm³/mol. The van der Waals surface area contributed by atoms with Crippen molar-refractivity contribution in [3.05, 3.63) is 16.1 Å². The lowest BCUT2D eigenvalue weighted by Crippen LogP contribution is -2.43. The van der Waals surface area contributed by atoms with Crippen molar-refractivity contribution in [2.75, 3.05) is 13.1 Å². The molecule has 102 valence electrons. The van der Waals surface area contributed by atoms with Crippen molar-refractivity contribution < 1.29 is 0 Å². The highest BCUT2D eigenvalue weighted by molar-refractivity contribution is 14.0. The molecule has 6 heteroatoms. The molecule has 2 N–H and O–H groups in total. The van der Waals surface area contributed by atoms with Crippen LogP contribution in [0.5, 0.6) is 0 Å². The first-order chi connectivity index (χ1) is 8.16. The van der Waals surface area contributed by atoms with Gasteiger partial charge in [-0.3, -0.25) is 0 Å². The average molecular weight is 380 g/mol. The van der Waals surface area contributed by atoms with Gasteiger partial charge in [0, 0.05) is 18.0 Å². The van der Waals surface area contributed by atoms with E-state index in [-0.39, 0.29) is 24.0 Å². The third kappa shape index (κ3) is 4.08. The zero-order chi connectivity index (χ0) is 12.3. The van der Waals surface area contributed by atoms with Crippen LogP contribution in [0, 0.1) is 12.8 Å². The van der Waals surface area contributed by atoms with Gasteiger partial charge < -0.3 is 10.6 Å². The summed E-state index contributed by atoms with van der Waals surface area (Å²) >= 11 is 1.65. The van der Waals surface area contributed by atoms with Crippen molar-refractivity contribution in [2.45, 2.75) is 33.2 Å². The molecule has 1 unspecified atom stereocenters. The number of likely N-dealkylation sites (tertiary alicyclic amines) is 1. The maximum Gasteiger partial charge on any atom is 0.191 e. The fourth-order valence-electron chi connectivity index (χ4n) is 2.13. The molecule has 1 aliphatic rings. The summed E-state index contributed by atoms with van der Waals surface area (Å²) in [6.45, 7) is 7.03. The van der Waals surface area contributed by atoms with Crippen LogP contribution in [-0.2, 0) is 6.54 Å². The van der Waals surface area contributed by atoms with Gasteiger partial charge >= 0.3 is 0 Å². The van der Waals surface area contributed by atoms with Gasteiger partial charge in [0.25, 0.3) is 0 Å². The Balaban J connectivity index is 0.00000162. The molecule has 18 heavy (non-hydrogen) atoms. The summed E-state index contributed by atoms with van der Waals surface area (Å²) in [5, 5.41) is 0. The Bertz CT molecular complexity index is 405. The number of aryl methyl sites for hydroxylation is 1. The van der Waals surface area contributed by atoms with Crippen LogP contribution < -0.4 is 5.73 Å². The quantitative estimate of drug-likeness (QED) is 0.488. The maximum atomic E-state index is 6.04. The van der Waals surface area contributed by atoms with Crippen molar-refractivity contribution in [2.24, 2.45) is 16.6 Å². The number of aromatic nitrogens is 1. The van der Waals surface area contributed by atoms with E-state index in [1.807, 2.05) is 12.4 Å². The number of rotatable bonds is 2. The van der Waals surface area contributed by atoms with Gasteiger partial charge in [-0.1, -0.05) is 6.92 Å². The van der Waals surface area contributed by atoms with E-state index in [0.717, 1.165) is 24.7 Å². The minimum atomic E-state index is 0. The van der Waals surface area contributed by atoms with Gasteiger partial charge in [-0.25, -0.2) is 9.98 Å². The SMILES string of the molecule is Cc1ncsc1CN=C(N)N1CCCC(C)C1.I. The molecule has 1 aromatic rings. The molecule has 1 aromatic heterocycles.